The number of sulfone groups is 1. The van der Waals surface area contributed by atoms with Crippen LogP contribution in [-0.4, -0.2) is 44.4 Å². The highest BCUT2D eigenvalue weighted by Gasteiger charge is 2.36. The Morgan fingerprint density at radius 3 is 2.38 bits per heavy atom. The van der Waals surface area contributed by atoms with Gasteiger partial charge in [0.15, 0.2) is 16.4 Å². The summed E-state index contributed by atoms with van der Waals surface area (Å²) in [6, 6.07) is 8.52. The number of carbonyl (C=O) groups excluding carboxylic acids is 2. The minimum atomic E-state index is -3.12. The van der Waals surface area contributed by atoms with Gasteiger partial charge in [0, 0.05) is 5.69 Å². The molecule has 6 nitrogen and oxygen atoms in total. The zero-order valence-electron chi connectivity index (χ0n) is 13.4. The lowest BCUT2D eigenvalue weighted by Crippen LogP contribution is -2.44. The van der Waals surface area contributed by atoms with Crippen LogP contribution in [0.25, 0.3) is 0 Å². The SMILES string of the molecule is O=C(OCC(=O)N(c1ccccc1)[C@H]1CCS(=O)(=O)C1)C1CCC1. The molecule has 1 aromatic carbocycles. The van der Waals surface area contributed by atoms with Crippen LogP contribution in [0.4, 0.5) is 5.69 Å². The summed E-state index contributed by atoms with van der Waals surface area (Å²) < 4.78 is 28.7. The van der Waals surface area contributed by atoms with E-state index in [9.17, 15) is 18.0 Å². The fourth-order valence-electron chi connectivity index (χ4n) is 3.09. The molecule has 3 rings (SSSR count). The van der Waals surface area contributed by atoms with Gasteiger partial charge in [0.2, 0.25) is 0 Å². The van der Waals surface area contributed by atoms with Crippen LogP contribution in [0.2, 0.25) is 0 Å². The summed E-state index contributed by atoms with van der Waals surface area (Å²) in [4.78, 5) is 25.9. The average Bonchev–Trinajstić information content (AvgIpc) is 2.84. The quantitative estimate of drug-likeness (QED) is 0.752. The van der Waals surface area contributed by atoms with E-state index in [0.717, 1.165) is 19.3 Å². The number of esters is 1. The Morgan fingerprint density at radius 1 is 1.12 bits per heavy atom. The van der Waals surface area contributed by atoms with E-state index in [-0.39, 0.29) is 35.9 Å². The van der Waals surface area contributed by atoms with Gasteiger partial charge in [-0.25, -0.2) is 8.42 Å². The molecule has 1 saturated heterocycles. The maximum absolute atomic E-state index is 12.6. The second-order valence-corrected chi connectivity index (χ2v) is 8.62. The Bertz CT molecular complexity index is 712. The summed E-state index contributed by atoms with van der Waals surface area (Å²) in [5.74, 6) is -0.771. The van der Waals surface area contributed by atoms with E-state index in [4.69, 9.17) is 4.74 Å². The third-order valence-corrected chi connectivity index (χ3v) is 6.40. The number of anilines is 1. The molecule has 0 aromatic heterocycles. The van der Waals surface area contributed by atoms with E-state index in [1.807, 2.05) is 6.07 Å². The number of rotatable bonds is 5. The topological polar surface area (TPSA) is 80.8 Å². The molecule has 24 heavy (non-hydrogen) atoms. The van der Waals surface area contributed by atoms with Gasteiger partial charge in [-0.2, -0.15) is 0 Å². The van der Waals surface area contributed by atoms with Crippen molar-refractivity contribution in [1.82, 2.24) is 0 Å². The van der Waals surface area contributed by atoms with E-state index in [1.165, 1.54) is 4.90 Å². The first-order chi connectivity index (χ1) is 11.5. The smallest absolute Gasteiger partial charge is 0.309 e. The Morgan fingerprint density at radius 2 is 1.83 bits per heavy atom. The molecule has 1 aliphatic carbocycles. The molecule has 0 bridgehead atoms. The third kappa shape index (κ3) is 3.77. The van der Waals surface area contributed by atoms with Crippen molar-refractivity contribution >= 4 is 27.4 Å². The van der Waals surface area contributed by atoms with Crippen LogP contribution in [0, 0.1) is 5.92 Å². The van der Waals surface area contributed by atoms with Crippen molar-refractivity contribution in [3.05, 3.63) is 30.3 Å². The Hall–Kier alpha value is -1.89. The van der Waals surface area contributed by atoms with E-state index < -0.39 is 15.9 Å². The van der Waals surface area contributed by atoms with Crippen LogP contribution in [0.3, 0.4) is 0 Å². The standard InChI is InChI=1S/C17H21NO5S/c19-16(11-23-17(20)13-5-4-6-13)18(14-7-2-1-3-8-14)15-9-10-24(21,22)12-15/h1-3,7-8,13,15H,4-6,9-12H2/t15-/m0/s1. The lowest BCUT2D eigenvalue weighted by molar-refractivity contribution is -0.154. The zero-order valence-corrected chi connectivity index (χ0v) is 14.2. The number of nitrogens with zero attached hydrogens (tertiary/aromatic N) is 1. The van der Waals surface area contributed by atoms with E-state index in [0.29, 0.717) is 12.1 Å². The second kappa shape index (κ2) is 6.93. The predicted molar refractivity (Wildman–Crippen MR) is 89.3 cm³/mol. The van der Waals surface area contributed by atoms with E-state index >= 15 is 0 Å². The first kappa shape index (κ1) is 17.0. The second-order valence-electron chi connectivity index (χ2n) is 6.39. The summed E-state index contributed by atoms with van der Waals surface area (Å²) in [5, 5.41) is 0. The summed E-state index contributed by atoms with van der Waals surface area (Å²) in [7, 11) is -3.12. The minimum absolute atomic E-state index is 0.0514. The zero-order chi connectivity index (χ0) is 17.2. The maximum atomic E-state index is 12.6. The number of benzene rings is 1. The van der Waals surface area contributed by atoms with Crippen LogP contribution in [0.5, 0.6) is 0 Å². The Labute approximate surface area is 141 Å². The number of ether oxygens (including phenoxy) is 1. The number of hydrogen-bond acceptors (Lipinski definition) is 5. The number of amides is 1. The number of hydrogen-bond donors (Lipinski definition) is 0. The molecule has 0 N–H and O–H groups in total. The van der Waals surface area contributed by atoms with Crippen LogP contribution in [-0.2, 0) is 24.2 Å². The van der Waals surface area contributed by atoms with Gasteiger partial charge in [0.1, 0.15) is 0 Å². The predicted octanol–water partition coefficient (Wildman–Crippen LogP) is 1.55. The molecule has 1 aromatic rings. The van der Waals surface area contributed by atoms with Crippen LogP contribution in [0.1, 0.15) is 25.7 Å². The van der Waals surface area contributed by atoms with Gasteiger partial charge in [-0.1, -0.05) is 24.6 Å². The van der Waals surface area contributed by atoms with Crippen molar-refractivity contribution in [3.63, 3.8) is 0 Å². The fourth-order valence-corrected chi connectivity index (χ4v) is 4.79. The molecule has 1 atom stereocenters. The lowest BCUT2D eigenvalue weighted by Gasteiger charge is -2.29. The fraction of sp³-hybridized carbons (Fsp3) is 0.529. The summed E-state index contributed by atoms with van der Waals surface area (Å²) in [5.41, 5.74) is 0.629. The van der Waals surface area contributed by atoms with E-state index in [2.05, 4.69) is 0 Å². The average molecular weight is 351 g/mol. The van der Waals surface area contributed by atoms with Crippen molar-refractivity contribution in [2.75, 3.05) is 23.0 Å². The molecule has 1 aliphatic heterocycles. The normalized spacial score (nSPS) is 22.6. The molecule has 0 radical (unpaired) electrons. The van der Waals surface area contributed by atoms with Crippen molar-refractivity contribution in [1.29, 1.82) is 0 Å². The first-order valence-electron chi connectivity index (χ1n) is 8.20. The van der Waals surface area contributed by atoms with E-state index in [1.54, 1.807) is 24.3 Å². The molecule has 7 heteroatoms. The number of carbonyl (C=O) groups is 2. The van der Waals surface area contributed by atoms with Gasteiger partial charge in [-0.3, -0.25) is 9.59 Å². The molecule has 0 unspecified atom stereocenters. The van der Waals surface area contributed by atoms with Crippen molar-refractivity contribution in [3.8, 4) is 0 Å². The third-order valence-electron chi connectivity index (χ3n) is 4.65. The summed E-state index contributed by atoms with van der Waals surface area (Å²) in [6.45, 7) is -0.346. The van der Waals surface area contributed by atoms with Crippen molar-refractivity contribution in [2.24, 2.45) is 5.92 Å². The largest absolute Gasteiger partial charge is 0.455 e. The number of para-hydroxylation sites is 1. The van der Waals surface area contributed by atoms with Gasteiger partial charge in [0.25, 0.3) is 5.91 Å². The van der Waals surface area contributed by atoms with Gasteiger partial charge >= 0.3 is 5.97 Å². The van der Waals surface area contributed by atoms with Gasteiger partial charge in [0.05, 0.1) is 23.5 Å². The summed E-state index contributed by atoms with van der Waals surface area (Å²) >= 11 is 0. The monoisotopic (exact) mass is 351 g/mol. The highest BCUT2D eigenvalue weighted by Crippen LogP contribution is 2.28. The Balaban J connectivity index is 1.71. The highest BCUT2D eigenvalue weighted by atomic mass is 32.2. The van der Waals surface area contributed by atoms with Gasteiger partial charge < -0.3 is 9.64 Å². The molecular formula is C17H21NO5S. The highest BCUT2D eigenvalue weighted by molar-refractivity contribution is 7.91. The van der Waals surface area contributed by atoms with Gasteiger partial charge in [-0.15, -0.1) is 0 Å². The Kier molecular flexibility index (Phi) is 4.89. The molecular weight excluding hydrogens is 330 g/mol. The van der Waals surface area contributed by atoms with Crippen LogP contribution in [0.15, 0.2) is 30.3 Å². The molecule has 1 heterocycles. The lowest BCUT2D eigenvalue weighted by atomic mass is 9.86. The molecule has 1 amide bonds. The molecule has 2 aliphatic rings. The molecule has 2 fully saturated rings. The van der Waals surface area contributed by atoms with Crippen LogP contribution < -0.4 is 4.90 Å². The summed E-state index contributed by atoms with van der Waals surface area (Å²) in [6.07, 6.45) is 3.05. The molecule has 130 valence electrons. The maximum Gasteiger partial charge on any atom is 0.309 e. The first-order valence-corrected chi connectivity index (χ1v) is 10.0. The van der Waals surface area contributed by atoms with Crippen molar-refractivity contribution < 1.29 is 22.7 Å². The van der Waals surface area contributed by atoms with Gasteiger partial charge in [-0.05, 0) is 31.4 Å². The molecule has 0 spiro atoms. The van der Waals surface area contributed by atoms with Crippen LogP contribution >= 0.6 is 0 Å². The molecule has 1 saturated carbocycles. The minimum Gasteiger partial charge on any atom is -0.455 e. The van der Waals surface area contributed by atoms with Crippen molar-refractivity contribution in [2.45, 2.75) is 31.7 Å².